The highest BCUT2D eigenvalue weighted by atomic mass is 32.2. The van der Waals surface area contributed by atoms with E-state index in [2.05, 4.69) is 171 Å². The predicted octanol–water partition coefficient (Wildman–Crippen LogP) is 22.3. The summed E-state index contributed by atoms with van der Waals surface area (Å²) in [6.07, 6.45) is 18.6. The number of carbonyl (C=O) groups excluding carboxylic acids is 2. The molecule has 0 atom stereocenters. The summed E-state index contributed by atoms with van der Waals surface area (Å²) in [4.78, 5) is 43.1. The molecule has 2 amide bonds. The van der Waals surface area contributed by atoms with Crippen molar-refractivity contribution in [1.29, 1.82) is 0 Å². The first kappa shape index (κ1) is 56.3. The third kappa shape index (κ3) is 13.3. The molecular formula is C68H64N2O3S7. The molecule has 2 aliphatic heterocycles. The van der Waals surface area contributed by atoms with E-state index in [0.717, 1.165) is 62.8 Å². The van der Waals surface area contributed by atoms with Gasteiger partial charge in [0.2, 0.25) is 0 Å². The molecule has 0 fully saturated rings. The number of nitrogens with zero attached hydrogens (tertiary/aromatic N) is 2. The fourth-order valence-corrected chi connectivity index (χ4v) is 17.5. The van der Waals surface area contributed by atoms with Crippen molar-refractivity contribution >= 4 is 134 Å². The quantitative estimate of drug-likeness (QED) is 0.0498. The number of aliphatic imine (C=N–C) groups is 2. The van der Waals surface area contributed by atoms with Crippen LogP contribution in [-0.4, -0.2) is 33.8 Å². The van der Waals surface area contributed by atoms with Gasteiger partial charge in [-0.2, -0.15) is 9.98 Å². The molecule has 80 heavy (non-hydrogen) atoms. The number of rotatable bonds is 22. The van der Waals surface area contributed by atoms with Gasteiger partial charge in [0.25, 0.3) is 17.0 Å². The van der Waals surface area contributed by atoms with Crippen molar-refractivity contribution in [2.24, 2.45) is 9.98 Å². The highest BCUT2D eigenvalue weighted by Gasteiger charge is 2.26. The van der Waals surface area contributed by atoms with Crippen LogP contribution >= 0.6 is 80.6 Å². The van der Waals surface area contributed by atoms with Gasteiger partial charge in [-0.25, -0.2) is 0 Å². The molecule has 0 saturated carbocycles. The van der Waals surface area contributed by atoms with Crippen LogP contribution in [-0.2, 0) is 14.3 Å². The molecule has 4 aromatic heterocycles. The van der Waals surface area contributed by atoms with E-state index in [0.29, 0.717) is 21.6 Å². The number of hydrogen-bond acceptors (Lipinski definition) is 10. The predicted molar refractivity (Wildman–Crippen MR) is 356 cm³/mol. The van der Waals surface area contributed by atoms with Gasteiger partial charge in [0.1, 0.15) is 4.38 Å². The summed E-state index contributed by atoms with van der Waals surface area (Å²) in [5, 5.41) is 3.05. The number of thiophene rings is 4. The van der Waals surface area contributed by atoms with Crippen LogP contribution in [0.2, 0.25) is 0 Å². The van der Waals surface area contributed by atoms with Crippen LogP contribution in [0.5, 0.6) is 0 Å². The minimum Gasteiger partial charge on any atom is -0.472 e. The zero-order valence-corrected chi connectivity index (χ0v) is 51.4. The molecule has 0 spiro atoms. The van der Waals surface area contributed by atoms with Crippen LogP contribution in [0.3, 0.4) is 0 Å². The van der Waals surface area contributed by atoms with E-state index in [1.807, 2.05) is 57.5 Å². The van der Waals surface area contributed by atoms with E-state index in [9.17, 15) is 9.59 Å². The molecule has 0 aliphatic carbocycles. The van der Waals surface area contributed by atoms with Gasteiger partial charge in [-0.3, -0.25) is 9.59 Å². The minimum atomic E-state index is -0.235. The highest BCUT2D eigenvalue weighted by molar-refractivity contribution is 8.41. The third-order valence-electron chi connectivity index (χ3n) is 14.5. The average molecular weight is 1180 g/mol. The SMILES string of the molecule is CCCCCCCCOC1=NC(=O)/C(=C/c2ccc(-c3ccc(-c4cc5c(-c6ccc(C)s6)c6sc(-c7ccc(-c8ccc(/C=C9\SC(SCCCCCCCC)=NC9=O)cc8)cc7)cc6c(-c6ccc(C)s6)c5s4)cc3)cc2)S1. The molecular weight excluding hydrogens is 1120 g/mol. The van der Waals surface area contributed by atoms with Gasteiger partial charge in [-0.05, 0) is 132 Å². The topological polar surface area (TPSA) is 68.1 Å². The van der Waals surface area contributed by atoms with Crippen LogP contribution in [0.25, 0.3) is 96.3 Å². The number of fused-ring (bicyclic) bond motifs is 2. The summed E-state index contributed by atoms with van der Waals surface area (Å²) in [7, 11) is 0. The van der Waals surface area contributed by atoms with Crippen molar-refractivity contribution in [2.75, 3.05) is 12.4 Å². The molecule has 406 valence electrons. The lowest BCUT2D eigenvalue weighted by molar-refractivity contribution is -0.114. The number of carbonyl (C=O) groups is 2. The maximum Gasteiger partial charge on any atom is 0.287 e. The number of aryl methyl sites for hydroxylation is 2. The normalized spacial score (nSPS) is 14.7. The molecule has 2 aliphatic rings. The second-order valence-corrected chi connectivity index (χ2v) is 28.5. The van der Waals surface area contributed by atoms with E-state index in [1.165, 1.54) is 153 Å². The maximum absolute atomic E-state index is 12.8. The Morgan fingerprint density at radius 2 is 0.875 bits per heavy atom. The number of benzene rings is 5. The van der Waals surface area contributed by atoms with Crippen molar-refractivity contribution < 1.29 is 14.3 Å². The van der Waals surface area contributed by atoms with Crippen LogP contribution in [0, 0.1) is 13.8 Å². The molecule has 0 bridgehead atoms. The zero-order valence-electron chi connectivity index (χ0n) is 45.7. The fourth-order valence-electron chi connectivity index (χ4n) is 10.2. The monoisotopic (exact) mass is 1180 g/mol. The molecule has 5 nitrogen and oxygen atoms in total. The van der Waals surface area contributed by atoms with E-state index in [-0.39, 0.29) is 11.8 Å². The number of unbranched alkanes of at least 4 members (excludes halogenated alkanes) is 10. The van der Waals surface area contributed by atoms with Crippen LogP contribution < -0.4 is 0 Å². The van der Waals surface area contributed by atoms with E-state index in [1.54, 1.807) is 11.8 Å². The van der Waals surface area contributed by atoms with Gasteiger partial charge in [0.15, 0.2) is 0 Å². The Bertz CT molecular complexity index is 3490. The number of ether oxygens (including phenoxy) is 1. The van der Waals surface area contributed by atoms with Crippen molar-refractivity contribution in [1.82, 2.24) is 0 Å². The highest BCUT2D eigenvalue weighted by Crippen LogP contribution is 2.54. The first-order valence-electron chi connectivity index (χ1n) is 28.1. The van der Waals surface area contributed by atoms with Crippen LogP contribution in [0.15, 0.2) is 153 Å². The third-order valence-corrected chi connectivity index (χ3v) is 22.1. The first-order chi connectivity index (χ1) is 39.2. The summed E-state index contributed by atoms with van der Waals surface area (Å²) in [6, 6.07) is 48.9. The van der Waals surface area contributed by atoms with Gasteiger partial charge in [-0.15, -0.1) is 45.3 Å². The smallest absolute Gasteiger partial charge is 0.287 e. The second kappa shape index (κ2) is 26.6. The Balaban J connectivity index is 0.814. The Morgan fingerprint density at radius 1 is 0.450 bits per heavy atom. The summed E-state index contributed by atoms with van der Waals surface area (Å²) in [5.41, 5.74) is 11.5. The standard InChI is InChI=1S/C68H64N2O3S7/c1-5-7-9-11-13-15-37-73-67-69-65(71)59(79-67)39-45-19-23-47(24-20-45)49-27-31-51(32-28-49)57-41-53-61(55-35-17-43(3)75-55)64-54(62(63(53)77-57)56-36-18-44(4)76-56)42-58(78-64)52-33-29-50(30-34-52)48-25-21-46(22-26-48)40-60-66(72)70-68(80-60)74-38-16-14-12-10-8-6-2/h17-36,39-42H,5-16,37-38H2,1-4H3/b59-39-,60-40-. The molecule has 9 aromatic rings. The van der Waals surface area contributed by atoms with Gasteiger partial charge in [0.05, 0.1) is 16.4 Å². The first-order valence-corrected chi connectivity index (χ1v) is 34.0. The molecule has 5 aromatic carbocycles. The Kier molecular flexibility index (Phi) is 18.7. The van der Waals surface area contributed by atoms with Crippen molar-refractivity contribution in [3.8, 4) is 64.0 Å². The Morgan fingerprint density at radius 3 is 1.35 bits per heavy atom. The number of hydrogen-bond donors (Lipinski definition) is 0. The minimum absolute atomic E-state index is 0.133. The van der Waals surface area contributed by atoms with E-state index in [4.69, 9.17) is 4.74 Å². The van der Waals surface area contributed by atoms with Crippen LogP contribution in [0.1, 0.15) is 112 Å². The molecule has 6 heterocycles. The van der Waals surface area contributed by atoms with Crippen LogP contribution in [0.4, 0.5) is 0 Å². The molecule has 0 radical (unpaired) electrons. The molecule has 0 unspecified atom stereocenters. The lowest BCUT2D eigenvalue weighted by Crippen LogP contribution is -1.99. The Labute approximate surface area is 499 Å². The van der Waals surface area contributed by atoms with Crippen molar-refractivity contribution in [3.05, 3.63) is 164 Å². The van der Waals surface area contributed by atoms with Gasteiger partial charge < -0.3 is 4.74 Å². The summed E-state index contributed by atoms with van der Waals surface area (Å²) < 4.78 is 9.36. The average Bonchev–Trinajstić information content (AvgIpc) is 4.42. The second-order valence-electron chi connectivity index (χ2n) is 20.5. The fraction of sp³-hybridized carbons (Fsp3) is 0.265. The summed E-state index contributed by atoms with van der Waals surface area (Å²) in [6.45, 7) is 9.48. The number of thioether (sulfide) groups is 3. The van der Waals surface area contributed by atoms with E-state index >= 15 is 0 Å². The van der Waals surface area contributed by atoms with Crippen molar-refractivity contribution in [2.45, 2.75) is 105 Å². The zero-order chi connectivity index (χ0) is 55.0. The van der Waals surface area contributed by atoms with Gasteiger partial charge in [-0.1, -0.05) is 199 Å². The molecule has 0 N–H and O–H groups in total. The van der Waals surface area contributed by atoms with Gasteiger partial charge in [0, 0.05) is 66.3 Å². The lowest BCUT2D eigenvalue weighted by Gasteiger charge is -2.09. The maximum atomic E-state index is 12.8. The molecule has 12 heteroatoms. The van der Waals surface area contributed by atoms with Crippen molar-refractivity contribution in [3.63, 3.8) is 0 Å². The summed E-state index contributed by atoms with van der Waals surface area (Å²) in [5.74, 6) is 0.643. The number of amides is 2. The van der Waals surface area contributed by atoms with Gasteiger partial charge >= 0.3 is 0 Å². The summed E-state index contributed by atoms with van der Waals surface area (Å²) >= 11 is 12.1. The molecule has 11 rings (SSSR count). The Hall–Kier alpha value is -5.57. The lowest BCUT2D eigenvalue weighted by atomic mass is 9.98. The van der Waals surface area contributed by atoms with E-state index < -0.39 is 0 Å². The largest absolute Gasteiger partial charge is 0.472 e. The molecule has 0 saturated heterocycles.